The lowest BCUT2D eigenvalue weighted by atomic mass is 9.84. The second-order valence-electron chi connectivity index (χ2n) is 6.01. The average molecular weight is 325 g/mol. The maximum atomic E-state index is 12.4. The minimum atomic E-state index is -0.825. The van der Waals surface area contributed by atoms with Gasteiger partial charge in [0.2, 0.25) is 5.91 Å². The molecule has 2 aromatic rings. The Kier molecular flexibility index (Phi) is 6.13. The Morgan fingerprint density at radius 1 is 0.875 bits per heavy atom. The van der Waals surface area contributed by atoms with Crippen molar-refractivity contribution in [2.75, 3.05) is 0 Å². The molecule has 0 bridgehead atoms. The lowest BCUT2D eigenvalue weighted by molar-refractivity contribution is -0.137. The zero-order valence-electron chi connectivity index (χ0n) is 13.9. The number of carbonyl (C=O) groups is 2. The summed E-state index contributed by atoms with van der Waals surface area (Å²) in [5.41, 5.74) is 1.40. The highest BCUT2D eigenvalue weighted by atomic mass is 16.4. The number of unbranched alkanes of at least 4 members (excludes halogenated alkanes) is 1. The van der Waals surface area contributed by atoms with Gasteiger partial charge in [0.15, 0.2) is 0 Å². The molecule has 24 heavy (non-hydrogen) atoms. The van der Waals surface area contributed by atoms with Gasteiger partial charge in [-0.25, -0.2) is 0 Å². The van der Waals surface area contributed by atoms with Crippen LogP contribution in [0.4, 0.5) is 0 Å². The highest BCUT2D eigenvalue weighted by Crippen LogP contribution is 2.29. The van der Waals surface area contributed by atoms with Crippen LogP contribution in [0.25, 0.3) is 0 Å². The van der Waals surface area contributed by atoms with Gasteiger partial charge in [0.1, 0.15) is 0 Å². The van der Waals surface area contributed by atoms with E-state index in [1.54, 1.807) is 0 Å². The number of carboxylic acid groups (broad SMARTS) is 1. The maximum Gasteiger partial charge on any atom is 0.303 e. The first kappa shape index (κ1) is 17.7. The third-order valence-corrected chi connectivity index (χ3v) is 4.14. The zero-order chi connectivity index (χ0) is 17.4. The number of hydrogen-bond acceptors (Lipinski definition) is 2. The van der Waals surface area contributed by atoms with E-state index in [0.717, 1.165) is 11.1 Å². The Labute approximate surface area is 142 Å². The Hall–Kier alpha value is -2.62. The van der Waals surface area contributed by atoms with Crippen molar-refractivity contribution in [3.63, 3.8) is 0 Å². The molecular weight excluding hydrogens is 302 g/mol. The van der Waals surface area contributed by atoms with Crippen LogP contribution < -0.4 is 5.32 Å². The third-order valence-electron chi connectivity index (χ3n) is 4.14. The van der Waals surface area contributed by atoms with Gasteiger partial charge in [-0.15, -0.1) is 0 Å². The van der Waals surface area contributed by atoms with Crippen molar-refractivity contribution in [3.05, 3.63) is 71.8 Å². The van der Waals surface area contributed by atoms with E-state index in [4.69, 9.17) is 5.11 Å². The van der Waals surface area contributed by atoms with Gasteiger partial charge in [0.25, 0.3) is 0 Å². The van der Waals surface area contributed by atoms with Gasteiger partial charge in [-0.05, 0) is 30.9 Å². The predicted octanol–water partition coefficient (Wildman–Crippen LogP) is 3.71. The van der Waals surface area contributed by atoms with Crippen LogP contribution in [-0.2, 0) is 15.1 Å². The molecule has 0 saturated heterocycles. The average Bonchev–Trinajstić information content (AvgIpc) is 2.60. The SMILES string of the molecule is CC(NC(=O)CCCCC(=O)O)(c1ccccc1)c1ccccc1. The van der Waals surface area contributed by atoms with E-state index in [0.29, 0.717) is 19.3 Å². The molecule has 0 fully saturated rings. The Bertz CT molecular complexity index is 628. The number of hydrogen-bond donors (Lipinski definition) is 2. The second-order valence-corrected chi connectivity index (χ2v) is 6.01. The van der Waals surface area contributed by atoms with Crippen LogP contribution in [0.3, 0.4) is 0 Å². The first-order chi connectivity index (χ1) is 11.5. The van der Waals surface area contributed by atoms with Crippen LogP contribution in [-0.4, -0.2) is 17.0 Å². The van der Waals surface area contributed by atoms with Crippen molar-refractivity contribution in [1.29, 1.82) is 0 Å². The van der Waals surface area contributed by atoms with Crippen molar-refractivity contribution >= 4 is 11.9 Å². The Morgan fingerprint density at radius 3 is 1.79 bits per heavy atom. The molecule has 0 aliphatic carbocycles. The molecule has 2 aromatic carbocycles. The van der Waals surface area contributed by atoms with Crippen LogP contribution in [0.2, 0.25) is 0 Å². The predicted molar refractivity (Wildman–Crippen MR) is 93.6 cm³/mol. The highest BCUT2D eigenvalue weighted by molar-refractivity contribution is 5.77. The fourth-order valence-electron chi connectivity index (χ4n) is 2.76. The fraction of sp³-hybridized carbons (Fsp3) is 0.300. The zero-order valence-corrected chi connectivity index (χ0v) is 13.9. The number of rotatable bonds is 8. The summed E-state index contributed by atoms with van der Waals surface area (Å²) in [6.45, 7) is 1.99. The molecule has 0 spiro atoms. The molecule has 0 radical (unpaired) electrons. The Morgan fingerprint density at radius 2 is 1.33 bits per heavy atom. The van der Waals surface area contributed by atoms with E-state index in [-0.39, 0.29) is 12.3 Å². The van der Waals surface area contributed by atoms with Gasteiger partial charge in [-0.3, -0.25) is 9.59 Å². The van der Waals surface area contributed by atoms with E-state index < -0.39 is 11.5 Å². The standard InChI is InChI=1S/C20H23NO3/c1-20(16-10-4-2-5-11-16,17-12-6-3-7-13-17)21-18(22)14-8-9-15-19(23)24/h2-7,10-13H,8-9,14-15H2,1H3,(H,21,22)(H,23,24). The summed E-state index contributed by atoms with van der Waals surface area (Å²) in [7, 11) is 0. The maximum absolute atomic E-state index is 12.4. The van der Waals surface area contributed by atoms with E-state index in [1.807, 2.05) is 67.6 Å². The topological polar surface area (TPSA) is 66.4 Å². The number of benzene rings is 2. The quantitative estimate of drug-likeness (QED) is 0.727. The van der Waals surface area contributed by atoms with Gasteiger partial charge in [0, 0.05) is 12.8 Å². The van der Waals surface area contributed by atoms with Crippen LogP contribution in [0.15, 0.2) is 60.7 Å². The van der Waals surface area contributed by atoms with E-state index >= 15 is 0 Å². The molecule has 0 unspecified atom stereocenters. The first-order valence-corrected chi connectivity index (χ1v) is 8.16. The normalized spacial score (nSPS) is 11.0. The van der Waals surface area contributed by atoms with Gasteiger partial charge in [-0.1, -0.05) is 60.7 Å². The van der Waals surface area contributed by atoms with E-state index in [9.17, 15) is 9.59 Å². The van der Waals surface area contributed by atoms with Crippen molar-refractivity contribution in [3.8, 4) is 0 Å². The number of carbonyl (C=O) groups excluding carboxylic acids is 1. The van der Waals surface area contributed by atoms with Crippen molar-refractivity contribution in [2.24, 2.45) is 0 Å². The second kappa shape index (κ2) is 8.29. The molecule has 0 heterocycles. The molecule has 4 heteroatoms. The molecule has 0 saturated carbocycles. The lowest BCUT2D eigenvalue weighted by Crippen LogP contribution is -2.44. The molecule has 2 N–H and O–H groups in total. The molecule has 0 aliphatic heterocycles. The number of carboxylic acids is 1. The Balaban J connectivity index is 2.13. The van der Waals surface area contributed by atoms with Gasteiger partial charge < -0.3 is 10.4 Å². The lowest BCUT2D eigenvalue weighted by Gasteiger charge is -2.32. The van der Waals surface area contributed by atoms with Crippen LogP contribution in [0.1, 0.15) is 43.7 Å². The molecule has 2 rings (SSSR count). The van der Waals surface area contributed by atoms with Gasteiger partial charge >= 0.3 is 5.97 Å². The molecule has 126 valence electrons. The summed E-state index contributed by atoms with van der Waals surface area (Å²) in [6, 6.07) is 19.7. The van der Waals surface area contributed by atoms with Gasteiger partial charge in [-0.2, -0.15) is 0 Å². The minimum absolute atomic E-state index is 0.0735. The molecular formula is C20H23NO3. The smallest absolute Gasteiger partial charge is 0.303 e. The summed E-state index contributed by atoms with van der Waals surface area (Å²) in [5.74, 6) is -0.899. The first-order valence-electron chi connectivity index (χ1n) is 8.16. The highest BCUT2D eigenvalue weighted by Gasteiger charge is 2.30. The molecule has 0 aliphatic rings. The summed E-state index contributed by atoms with van der Waals surface area (Å²) in [5, 5.41) is 11.8. The fourth-order valence-corrected chi connectivity index (χ4v) is 2.76. The van der Waals surface area contributed by atoms with Crippen molar-refractivity contribution in [2.45, 2.75) is 38.1 Å². The van der Waals surface area contributed by atoms with Crippen molar-refractivity contribution in [1.82, 2.24) is 5.32 Å². The number of nitrogens with one attached hydrogen (secondary N) is 1. The largest absolute Gasteiger partial charge is 0.481 e. The van der Waals surface area contributed by atoms with Crippen LogP contribution in [0, 0.1) is 0 Å². The summed E-state index contributed by atoms with van der Waals surface area (Å²) in [4.78, 5) is 22.9. The molecule has 0 aromatic heterocycles. The van der Waals surface area contributed by atoms with E-state index in [1.165, 1.54) is 0 Å². The van der Waals surface area contributed by atoms with Crippen LogP contribution in [0.5, 0.6) is 0 Å². The number of aliphatic carboxylic acids is 1. The summed E-state index contributed by atoms with van der Waals surface area (Å²) in [6.07, 6.45) is 1.50. The van der Waals surface area contributed by atoms with E-state index in [2.05, 4.69) is 5.32 Å². The van der Waals surface area contributed by atoms with Crippen LogP contribution >= 0.6 is 0 Å². The number of amides is 1. The molecule has 0 atom stereocenters. The summed E-state index contributed by atoms with van der Waals surface area (Å²) >= 11 is 0. The molecule has 4 nitrogen and oxygen atoms in total. The molecule has 1 amide bonds. The van der Waals surface area contributed by atoms with Gasteiger partial charge in [0.05, 0.1) is 5.54 Å². The van der Waals surface area contributed by atoms with Crippen molar-refractivity contribution < 1.29 is 14.7 Å². The minimum Gasteiger partial charge on any atom is -0.481 e. The third kappa shape index (κ3) is 4.69. The summed E-state index contributed by atoms with van der Waals surface area (Å²) < 4.78 is 0. The monoisotopic (exact) mass is 325 g/mol.